The SMILES string of the molecule is COc1ccc(C(C)(C)C)cc1N[C@@H](C)C(=O)Nc1ccc(F)cc1Cl. The van der Waals surface area contributed by atoms with E-state index in [2.05, 4.69) is 31.4 Å². The van der Waals surface area contributed by atoms with Crippen molar-refractivity contribution in [2.45, 2.75) is 39.2 Å². The standard InChI is InChI=1S/C20H24ClFN2O2/c1-12(19(25)24-16-8-7-14(22)11-15(16)21)23-17-10-13(20(2,3)4)6-9-18(17)26-5/h6-12,23H,1-5H3,(H,24,25)/t12-/m0/s1. The van der Waals surface area contributed by atoms with Gasteiger partial charge in [-0.15, -0.1) is 0 Å². The highest BCUT2D eigenvalue weighted by Gasteiger charge is 2.19. The molecule has 6 heteroatoms. The number of hydrogen-bond acceptors (Lipinski definition) is 3. The number of carbonyl (C=O) groups is 1. The summed E-state index contributed by atoms with van der Waals surface area (Å²) < 4.78 is 18.5. The summed E-state index contributed by atoms with van der Waals surface area (Å²) in [7, 11) is 1.58. The van der Waals surface area contributed by atoms with E-state index < -0.39 is 11.9 Å². The van der Waals surface area contributed by atoms with Gasteiger partial charge >= 0.3 is 0 Å². The fourth-order valence-corrected chi connectivity index (χ4v) is 2.63. The summed E-state index contributed by atoms with van der Waals surface area (Å²) in [6.07, 6.45) is 0. The first kappa shape index (κ1) is 20.0. The molecule has 0 aromatic heterocycles. The molecule has 0 aliphatic carbocycles. The van der Waals surface area contributed by atoms with Gasteiger partial charge in [0.05, 0.1) is 23.5 Å². The quantitative estimate of drug-likeness (QED) is 0.749. The molecule has 0 aliphatic heterocycles. The molecule has 0 bridgehead atoms. The molecule has 2 aromatic rings. The van der Waals surface area contributed by atoms with Crippen LogP contribution in [0.15, 0.2) is 36.4 Å². The third kappa shape index (κ3) is 4.88. The second kappa shape index (κ2) is 7.96. The number of halogens is 2. The number of methoxy groups -OCH3 is 1. The maximum atomic E-state index is 13.1. The minimum Gasteiger partial charge on any atom is -0.495 e. The lowest BCUT2D eigenvalue weighted by Crippen LogP contribution is -2.32. The number of carbonyl (C=O) groups excluding carboxylic acids is 1. The van der Waals surface area contributed by atoms with E-state index in [1.54, 1.807) is 14.0 Å². The van der Waals surface area contributed by atoms with Gasteiger partial charge in [-0.25, -0.2) is 4.39 Å². The fourth-order valence-electron chi connectivity index (χ4n) is 2.42. The molecule has 0 saturated carbocycles. The molecule has 0 fully saturated rings. The van der Waals surface area contributed by atoms with Crippen LogP contribution in [-0.4, -0.2) is 19.1 Å². The highest BCUT2D eigenvalue weighted by molar-refractivity contribution is 6.33. The Morgan fingerprint density at radius 1 is 1.15 bits per heavy atom. The normalized spacial score (nSPS) is 12.4. The summed E-state index contributed by atoms with van der Waals surface area (Å²) >= 11 is 5.96. The molecule has 2 rings (SSSR count). The van der Waals surface area contributed by atoms with Gasteiger partial charge in [-0.2, -0.15) is 0 Å². The van der Waals surface area contributed by atoms with Crippen LogP contribution in [0.1, 0.15) is 33.3 Å². The van der Waals surface area contributed by atoms with E-state index in [1.165, 1.54) is 12.1 Å². The molecule has 2 aromatic carbocycles. The first-order valence-electron chi connectivity index (χ1n) is 8.33. The molecule has 26 heavy (non-hydrogen) atoms. The Hall–Kier alpha value is -2.27. The molecule has 0 unspecified atom stereocenters. The maximum Gasteiger partial charge on any atom is 0.246 e. The Morgan fingerprint density at radius 2 is 1.85 bits per heavy atom. The average Bonchev–Trinajstić information content (AvgIpc) is 2.56. The minimum absolute atomic E-state index is 0.0319. The van der Waals surface area contributed by atoms with Crippen molar-refractivity contribution in [3.8, 4) is 5.75 Å². The van der Waals surface area contributed by atoms with E-state index in [4.69, 9.17) is 16.3 Å². The summed E-state index contributed by atoms with van der Waals surface area (Å²) in [5, 5.41) is 6.02. The predicted octanol–water partition coefficient (Wildman–Crippen LogP) is 5.22. The van der Waals surface area contributed by atoms with Crippen LogP contribution < -0.4 is 15.4 Å². The summed E-state index contributed by atoms with van der Waals surface area (Å²) in [6, 6.07) is 9.15. The summed E-state index contributed by atoms with van der Waals surface area (Å²) in [5.41, 5.74) is 2.18. The Morgan fingerprint density at radius 3 is 2.42 bits per heavy atom. The van der Waals surface area contributed by atoms with Crippen molar-refractivity contribution in [1.29, 1.82) is 0 Å². The number of nitrogens with one attached hydrogen (secondary N) is 2. The van der Waals surface area contributed by atoms with Crippen LogP contribution in [0.5, 0.6) is 5.75 Å². The molecular formula is C20H24ClFN2O2. The molecule has 1 amide bonds. The molecule has 1 atom stereocenters. The number of ether oxygens (including phenoxy) is 1. The first-order chi connectivity index (χ1) is 12.1. The monoisotopic (exact) mass is 378 g/mol. The Labute approximate surface area is 158 Å². The van der Waals surface area contributed by atoms with Crippen LogP contribution in [0.25, 0.3) is 0 Å². The van der Waals surface area contributed by atoms with Crippen molar-refractivity contribution in [1.82, 2.24) is 0 Å². The molecule has 0 spiro atoms. The highest BCUT2D eigenvalue weighted by atomic mass is 35.5. The number of amides is 1. The van der Waals surface area contributed by atoms with E-state index in [-0.39, 0.29) is 16.3 Å². The van der Waals surface area contributed by atoms with Crippen LogP contribution >= 0.6 is 11.6 Å². The summed E-state index contributed by atoms with van der Waals surface area (Å²) in [5.74, 6) is -0.0953. The lowest BCUT2D eigenvalue weighted by atomic mass is 9.86. The molecule has 4 nitrogen and oxygen atoms in total. The van der Waals surface area contributed by atoms with Gasteiger partial charge in [0.1, 0.15) is 17.6 Å². The van der Waals surface area contributed by atoms with Gasteiger partial charge < -0.3 is 15.4 Å². The summed E-state index contributed by atoms with van der Waals surface area (Å²) in [6.45, 7) is 8.08. The second-order valence-corrected chi connectivity index (χ2v) is 7.55. The van der Waals surface area contributed by atoms with E-state index in [0.29, 0.717) is 11.4 Å². The largest absolute Gasteiger partial charge is 0.495 e. The molecule has 2 N–H and O–H groups in total. The van der Waals surface area contributed by atoms with Crippen molar-refractivity contribution in [3.63, 3.8) is 0 Å². The molecule has 140 valence electrons. The zero-order chi connectivity index (χ0) is 19.5. The summed E-state index contributed by atoms with van der Waals surface area (Å²) in [4.78, 5) is 12.5. The predicted molar refractivity (Wildman–Crippen MR) is 105 cm³/mol. The Kier molecular flexibility index (Phi) is 6.13. The van der Waals surface area contributed by atoms with Crippen molar-refractivity contribution >= 4 is 28.9 Å². The lowest BCUT2D eigenvalue weighted by molar-refractivity contribution is -0.116. The van der Waals surface area contributed by atoms with Gasteiger partial charge in [0.25, 0.3) is 0 Å². The topological polar surface area (TPSA) is 50.4 Å². The van der Waals surface area contributed by atoms with Crippen LogP contribution in [0.4, 0.5) is 15.8 Å². The smallest absolute Gasteiger partial charge is 0.246 e. The first-order valence-corrected chi connectivity index (χ1v) is 8.70. The zero-order valence-corrected chi connectivity index (χ0v) is 16.4. The number of anilines is 2. The van der Waals surface area contributed by atoms with Crippen molar-refractivity contribution < 1.29 is 13.9 Å². The molecule has 0 saturated heterocycles. The van der Waals surface area contributed by atoms with Crippen molar-refractivity contribution in [2.75, 3.05) is 17.7 Å². The average molecular weight is 379 g/mol. The molecule has 0 aliphatic rings. The maximum absolute atomic E-state index is 13.1. The van der Waals surface area contributed by atoms with Gasteiger partial charge in [-0.1, -0.05) is 38.4 Å². The fraction of sp³-hybridized carbons (Fsp3) is 0.350. The Bertz CT molecular complexity index is 803. The van der Waals surface area contributed by atoms with Crippen molar-refractivity contribution in [3.05, 3.63) is 52.8 Å². The number of hydrogen-bond donors (Lipinski definition) is 2. The molecule has 0 heterocycles. The zero-order valence-electron chi connectivity index (χ0n) is 15.6. The van der Waals surface area contributed by atoms with Gasteiger partial charge in [0.2, 0.25) is 5.91 Å². The van der Waals surface area contributed by atoms with Gasteiger partial charge in [0.15, 0.2) is 0 Å². The lowest BCUT2D eigenvalue weighted by Gasteiger charge is -2.23. The minimum atomic E-state index is -0.555. The molecular weight excluding hydrogens is 355 g/mol. The van der Waals surface area contributed by atoms with Crippen LogP contribution in [-0.2, 0) is 10.2 Å². The highest BCUT2D eigenvalue weighted by Crippen LogP contribution is 2.32. The van der Waals surface area contributed by atoms with E-state index in [9.17, 15) is 9.18 Å². The van der Waals surface area contributed by atoms with Gasteiger partial charge in [-0.3, -0.25) is 4.79 Å². The van der Waals surface area contributed by atoms with Gasteiger partial charge in [0, 0.05) is 0 Å². The van der Waals surface area contributed by atoms with Crippen molar-refractivity contribution in [2.24, 2.45) is 0 Å². The molecule has 0 radical (unpaired) electrons. The third-order valence-corrected chi connectivity index (χ3v) is 4.33. The number of rotatable bonds is 5. The van der Waals surface area contributed by atoms with Gasteiger partial charge in [-0.05, 0) is 48.2 Å². The van der Waals surface area contributed by atoms with E-state index in [1.807, 2.05) is 18.2 Å². The van der Waals surface area contributed by atoms with Crippen LogP contribution in [0.2, 0.25) is 5.02 Å². The van der Waals surface area contributed by atoms with E-state index in [0.717, 1.165) is 17.3 Å². The third-order valence-electron chi connectivity index (χ3n) is 4.02. The van der Waals surface area contributed by atoms with Crippen LogP contribution in [0, 0.1) is 5.82 Å². The number of benzene rings is 2. The van der Waals surface area contributed by atoms with Crippen LogP contribution in [0.3, 0.4) is 0 Å². The second-order valence-electron chi connectivity index (χ2n) is 7.14. The van der Waals surface area contributed by atoms with E-state index >= 15 is 0 Å². The Balaban J connectivity index is 2.17.